The number of hydrogen-bond acceptors (Lipinski definition) is 3. The van der Waals surface area contributed by atoms with Crippen LogP contribution >= 0.6 is 12.2 Å². The molecule has 0 aliphatic carbocycles. The molecule has 0 amide bonds. The molecule has 0 aliphatic heterocycles. The lowest BCUT2D eigenvalue weighted by Gasteiger charge is -2.00. The second-order valence-corrected chi connectivity index (χ2v) is 3.36. The van der Waals surface area contributed by atoms with Crippen LogP contribution < -0.4 is 0 Å². The summed E-state index contributed by atoms with van der Waals surface area (Å²) >= 11 is 5.14. The van der Waals surface area contributed by atoms with Crippen LogP contribution in [0.2, 0.25) is 0 Å². The number of nitrogens with zero attached hydrogens (tertiary/aromatic N) is 2. The van der Waals surface area contributed by atoms with Gasteiger partial charge in [0, 0.05) is 29.8 Å². The summed E-state index contributed by atoms with van der Waals surface area (Å²) < 4.78 is 0.651. The van der Waals surface area contributed by atoms with Crippen molar-refractivity contribution in [3.63, 3.8) is 0 Å². The van der Waals surface area contributed by atoms with E-state index in [-0.39, 0.29) is 0 Å². The smallest absolute Gasteiger partial charge is 0.129 e. The lowest BCUT2D eigenvalue weighted by Crippen LogP contribution is -1.88. The first kappa shape index (κ1) is 9.02. The number of aromatic nitrogens is 3. The van der Waals surface area contributed by atoms with Gasteiger partial charge in [-0.05, 0) is 19.1 Å². The number of pyridine rings is 1. The number of nitrogens with one attached hydrogen (secondary N) is 1. The van der Waals surface area contributed by atoms with E-state index < -0.39 is 0 Å². The highest BCUT2D eigenvalue weighted by Crippen LogP contribution is 2.16. The van der Waals surface area contributed by atoms with Crippen molar-refractivity contribution in [3.8, 4) is 11.3 Å². The van der Waals surface area contributed by atoms with Crippen molar-refractivity contribution < 1.29 is 0 Å². The van der Waals surface area contributed by atoms with Gasteiger partial charge in [-0.3, -0.25) is 9.97 Å². The second kappa shape index (κ2) is 3.67. The molecule has 14 heavy (non-hydrogen) atoms. The van der Waals surface area contributed by atoms with E-state index in [1.54, 1.807) is 18.6 Å². The monoisotopic (exact) mass is 203 g/mol. The van der Waals surface area contributed by atoms with Gasteiger partial charge in [-0.25, -0.2) is 0 Å². The molecule has 0 atom stereocenters. The van der Waals surface area contributed by atoms with E-state index in [0.717, 1.165) is 17.0 Å². The molecule has 0 bridgehead atoms. The molecule has 0 saturated carbocycles. The first-order chi connectivity index (χ1) is 6.77. The minimum Gasteiger partial charge on any atom is -0.350 e. The Labute approximate surface area is 86.9 Å². The molecule has 0 radical (unpaired) electrons. The van der Waals surface area contributed by atoms with Crippen LogP contribution in [0.5, 0.6) is 0 Å². The van der Waals surface area contributed by atoms with Gasteiger partial charge in [0.25, 0.3) is 0 Å². The predicted octanol–water partition coefficient (Wildman–Crippen LogP) is 2.51. The van der Waals surface area contributed by atoms with Crippen LogP contribution in [0, 0.1) is 11.6 Å². The summed E-state index contributed by atoms with van der Waals surface area (Å²) in [6.45, 7) is 1.94. The average molecular weight is 203 g/mol. The zero-order chi connectivity index (χ0) is 9.97. The van der Waals surface area contributed by atoms with Crippen molar-refractivity contribution in [1.82, 2.24) is 15.0 Å². The van der Waals surface area contributed by atoms with Gasteiger partial charge in [0.2, 0.25) is 0 Å². The van der Waals surface area contributed by atoms with Gasteiger partial charge in [-0.1, -0.05) is 12.2 Å². The van der Waals surface area contributed by atoms with Gasteiger partial charge in [0.1, 0.15) is 10.3 Å². The van der Waals surface area contributed by atoms with Crippen molar-refractivity contribution in [2.24, 2.45) is 0 Å². The number of H-pyrrole nitrogens is 1. The van der Waals surface area contributed by atoms with Crippen LogP contribution in [0.4, 0.5) is 0 Å². The van der Waals surface area contributed by atoms with E-state index in [9.17, 15) is 0 Å². The molecule has 0 aliphatic rings. The van der Waals surface area contributed by atoms with Gasteiger partial charge < -0.3 is 4.98 Å². The van der Waals surface area contributed by atoms with Crippen molar-refractivity contribution in [3.05, 3.63) is 41.1 Å². The van der Waals surface area contributed by atoms with Crippen molar-refractivity contribution >= 4 is 12.2 Å². The molecule has 2 aromatic rings. The molecule has 0 spiro atoms. The van der Waals surface area contributed by atoms with Crippen LogP contribution in [0.3, 0.4) is 0 Å². The third-order valence-corrected chi connectivity index (χ3v) is 2.19. The first-order valence-corrected chi connectivity index (χ1v) is 4.65. The van der Waals surface area contributed by atoms with E-state index in [4.69, 9.17) is 12.2 Å². The molecule has 0 fully saturated rings. The molecule has 1 N–H and O–H groups in total. The van der Waals surface area contributed by atoms with Gasteiger partial charge >= 0.3 is 0 Å². The van der Waals surface area contributed by atoms with Gasteiger partial charge in [-0.2, -0.15) is 0 Å². The van der Waals surface area contributed by atoms with E-state index in [1.807, 2.05) is 19.1 Å². The maximum Gasteiger partial charge on any atom is 0.129 e. The Bertz CT molecular complexity index is 504. The Kier molecular flexibility index (Phi) is 2.37. The Hall–Kier alpha value is -1.55. The summed E-state index contributed by atoms with van der Waals surface area (Å²) in [7, 11) is 0. The molecule has 0 unspecified atom stereocenters. The Morgan fingerprint density at radius 1 is 1.29 bits per heavy atom. The van der Waals surface area contributed by atoms with Crippen LogP contribution in [-0.4, -0.2) is 15.0 Å². The zero-order valence-corrected chi connectivity index (χ0v) is 8.51. The Balaban J connectivity index is 2.61. The van der Waals surface area contributed by atoms with E-state index in [0.29, 0.717) is 4.64 Å². The molecular weight excluding hydrogens is 194 g/mol. The lowest BCUT2D eigenvalue weighted by atomic mass is 10.2. The van der Waals surface area contributed by atoms with E-state index >= 15 is 0 Å². The fraction of sp³-hybridized carbons (Fsp3) is 0.100. The molecule has 2 rings (SSSR count). The van der Waals surface area contributed by atoms with Crippen molar-refractivity contribution in [2.75, 3.05) is 0 Å². The summed E-state index contributed by atoms with van der Waals surface area (Å²) in [6, 6.07) is 3.87. The molecule has 2 heterocycles. The average Bonchev–Trinajstić information content (AvgIpc) is 2.18. The molecule has 0 aromatic carbocycles. The molecule has 3 nitrogen and oxygen atoms in total. The zero-order valence-electron chi connectivity index (χ0n) is 7.69. The summed E-state index contributed by atoms with van der Waals surface area (Å²) in [5, 5.41) is 0. The van der Waals surface area contributed by atoms with Crippen LogP contribution in [-0.2, 0) is 0 Å². The fourth-order valence-corrected chi connectivity index (χ4v) is 1.49. The highest BCUT2D eigenvalue weighted by atomic mass is 32.1. The summed E-state index contributed by atoms with van der Waals surface area (Å²) in [4.78, 5) is 11.3. The van der Waals surface area contributed by atoms with Gasteiger partial charge in [0.15, 0.2) is 0 Å². The fourth-order valence-electron chi connectivity index (χ4n) is 1.25. The molecule has 4 heteroatoms. The van der Waals surface area contributed by atoms with Gasteiger partial charge in [0.05, 0.1) is 0 Å². The lowest BCUT2D eigenvalue weighted by molar-refractivity contribution is 1.16. The molecule has 0 saturated heterocycles. The quantitative estimate of drug-likeness (QED) is 0.724. The summed E-state index contributed by atoms with van der Waals surface area (Å²) in [5.74, 6) is 0. The predicted molar refractivity (Wildman–Crippen MR) is 57.4 cm³/mol. The minimum atomic E-state index is 0.651. The highest BCUT2D eigenvalue weighted by molar-refractivity contribution is 7.71. The van der Waals surface area contributed by atoms with Crippen LogP contribution in [0.1, 0.15) is 5.69 Å². The van der Waals surface area contributed by atoms with Gasteiger partial charge in [-0.15, -0.1) is 0 Å². The number of aryl methyl sites for hydroxylation is 1. The van der Waals surface area contributed by atoms with Crippen LogP contribution in [0.15, 0.2) is 30.7 Å². The van der Waals surface area contributed by atoms with Crippen molar-refractivity contribution in [2.45, 2.75) is 6.92 Å². The van der Waals surface area contributed by atoms with Crippen LogP contribution in [0.25, 0.3) is 11.3 Å². The molecular formula is C10H9N3S. The van der Waals surface area contributed by atoms with E-state index in [2.05, 4.69) is 15.0 Å². The van der Waals surface area contributed by atoms with Crippen molar-refractivity contribution in [1.29, 1.82) is 0 Å². The number of aromatic amines is 1. The topological polar surface area (TPSA) is 41.6 Å². The third-order valence-electron chi connectivity index (χ3n) is 1.88. The largest absolute Gasteiger partial charge is 0.350 e. The summed E-state index contributed by atoms with van der Waals surface area (Å²) in [6.07, 6.45) is 5.18. The second-order valence-electron chi connectivity index (χ2n) is 2.95. The minimum absolute atomic E-state index is 0.651. The SMILES string of the molecule is Cc1cc(-c2ncc[nH]c2=S)ccn1. The molecule has 2 aromatic heterocycles. The highest BCUT2D eigenvalue weighted by Gasteiger charge is 2.00. The Morgan fingerprint density at radius 2 is 2.14 bits per heavy atom. The maximum absolute atomic E-state index is 5.14. The first-order valence-electron chi connectivity index (χ1n) is 4.24. The Morgan fingerprint density at radius 3 is 2.86 bits per heavy atom. The number of rotatable bonds is 1. The normalized spacial score (nSPS) is 10.1. The number of hydrogen-bond donors (Lipinski definition) is 1. The van der Waals surface area contributed by atoms with E-state index in [1.165, 1.54) is 0 Å². The standard InChI is InChI=1S/C10H9N3S/c1-7-6-8(2-3-11-7)9-10(14)13-5-4-12-9/h2-6H,1H3,(H,13,14). The molecule has 70 valence electrons. The third kappa shape index (κ3) is 1.70. The summed E-state index contributed by atoms with van der Waals surface area (Å²) in [5.41, 5.74) is 2.76. The maximum atomic E-state index is 5.14.